The molecule has 0 aliphatic rings. The molecule has 1 aromatic carbocycles. The Labute approximate surface area is 92.4 Å². The van der Waals surface area contributed by atoms with Crippen molar-refractivity contribution < 1.29 is 14.7 Å². The number of aliphatic hydroxyl groups is 1. The fraction of sp³-hybridized carbons (Fsp3) is 0.273. The highest BCUT2D eigenvalue weighted by Gasteiger charge is 2.10. The molecule has 0 amide bonds. The number of aliphatic hydroxyl groups excluding tert-OH is 1. The number of nitrogens with zero attached hydrogens (tertiary/aromatic N) is 2. The lowest BCUT2D eigenvalue weighted by atomic mass is 10.2. The van der Waals surface area contributed by atoms with Crippen LogP contribution in [0.1, 0.15) is 12.8 Å². The molecule has 0 fully saturated rings. The number of phenols is 1. The van der Waals surface area contributed by atoms with Crippen molar-refractivity contribution in [2.75, 3.05) is 0 Å². The van der Waals surface area contributed by atoms with Crippen LogP contribution in [0.5, 0.6) is 5.75 Å². The van der Waals surface area contributed by atoms with Gasteiger partial charge in [0.05, 0.1) is 12.5 Å². The Kier molecular flexibility index (Phi) is 2.87. The van der Waals surface area contributed by atoms with Crippen molar-refractivity contribution in [2.45, 2.75) is 19.4 Å². The Morgan fingerprint density at radius 3 is 2.62 bits per heavy atom. The molecule has 0 radical (unpaired) electrons. The minimum atomic E-state index is -0.506. The topological polar surface area (TPSA) is 79.4 Å². The largest absolute Gasteiger partial charge is 0.508 e. The van der Waals surface area contributed by atoms with Gasteiger partial charge in [0.2, 0.25) is 11.7 Å². The van der Waals surface area contributed by atoms with Gasteiger partial charge >= 0.3 is 0 Å². The Bertz CT molecular complexity index is 462. The van der Waals surface area contributed by atoms with E-state index in [4.69, 9.17) is 14.7 Å². The summed E-state index contributed by atoms with van der Waals surface area (Å²) < 4.78 is 4.98. The Morgan fingerprint density at radius 1 is 1.31 bits per heavy atom. The van der Waals surface area contributed by atoms with Crippen LogP contribution in [0.15, 0.2) is 28.8 Å². The number of hydrogen-bond acceptors (Lipinski definition) is 5. The van der Waals surface area contributed by atoms with Crippen molar-refractivity contribution in [3.8, 4) is 17.1 Å². The summed E-state index contributed by atoms with van der Waals surface area (Å²) in [5.41, 5.74) is 0.762. The Balaban J connectivity index is 2.21. The van der Waals surface area contributed by atoms with E-state index in [1.165, 1.54) is 0 Å². The maximum Gasteiger partial charge on any atom is 0.229 e. The normalized spacial score (nSPS) is 12.6. The summed E-state index contributed by atoms with van der Waals surface area (Å²) in [6.45, 7) is 1.66. The van der Waals surface area contributed by atoms with E-state index in [0.29, 0.717) is 18.1 Å². The number of benzene rings is 1. The highest BCUT2D eigenvalue weighted by Crippen LogP contribution is 2.19. The SMILES string of the molecule is CC(O)Cc1nc(-c2ccc(O)cc2)no1. The van der Waals surface area contributed by atoms with Crippen molar-refractivity contribution in [3.05, 3.63) is 30.2 Å². The molecule has 84 valence electrons. The van der Waals surface area contributed by atoms with Gasteiger partial charge in [-0.3, -0.25) is 0 Å². The third-order valence-corrected chi connectivity index (χ3v) is 2.06. The molecule has 1 aromatic heterocycles. The summed E-state index contributed by atoms with van der Waals surface area (Å²) in [4.78, 5) is 4.13. The number of rotatable bonds is 3. The molecule has 2 aromatic rings. The van der Waals surface area contributed by atoms with Crippen LogP contribution in [0.4, 0.5) is 0 Å². The zero-order valence-corrected chi connectivity index (χ0v) is 8.79. The lowest BCUT2D eigenvalue weighted by molar-refractivity contribution is 0.181. The van der Waals surface area contributed by atoms with E-state index in [9.17, 15) is 0 Å². The summed E-state index contributed by atoms with van der Waals surface area (Å²) in [7, 11) is 0. The van der Waals surface area contributed by atoms with Crippen LogP contribution in [0, 0.1) is 0 Å². The van der Waals surface area contributed by atoms with E-state index in [0.717, 1.165) is 5.56 Å². The van der Waals surface area contributed by atoms with Crippen LogP contribution in [-0.2, 0) is 6.42 Å². The molecular weight excluding hydrogens is 208 g/mol. The van der Waals surface area contributed by atoms with Gasteiger partial charge in [-0.15, -0.1) is 0 Å². The highest BCUT2D eigenvalue weighted by molar-refractivity contribution is 5.55. The van der Waals surface area contributed by atoms with Crippen LogP contribution >= 0.6 is 0 Å². The first kappa shape index (κ1) is 10.6. The van der Waals surface area contributed by atoms with Crippen molar-refractivity contribution in [3.63, 3.8) is 0 Å². The van der Waals surface area contributed by atoms with E-state index in [-0.39, 0.29) is 5.75 Å². The molecule has 0 saturated carbocycles. The molecule has 1 atom stereocenters. The molecule has 5 heteroatoms. The van der Waals surface area contributed by atoms with Gasteiger partial charge in [-0.1, -0.05) is 5.16 Å². The second-order valence-corrected chi connectivity index (χ2v) is 3.61. The minimum Gasteiger partial charge on any atom is -0.508 e. The summed E-state index contributed by atoms with van der Waals surface area (Å²) in [6, 6.07) is 6.51. The van der Waals surface area contributed by atoms with E-state index < -0.39 is 6.10 Å². The predicted molar refractivity (Wildman–Crippen MR) is 56.8 cm³/mol. The lowest BCUT2D eigenvalue weighted by Gasteiger charge is -1.96. The summed E-state index contributed by atoms with van der Waals surface area (Å²) >= 11 is 0. The van der Waals surface area contributed by atoms with Crippen LogP contribution in [-0.4, -0.2) is 26.5 Å². The fourth-order valence-corrected chi connectivity index (χ4v) is 1.32. The molecule has 5 nitrogen and oxygen atoms in total. The van der Waals surface area contributed by atoms with E-state index in [1.807, 2.05) is 0 Å². The van der Waals surface area contributed by atoms with Crippen LogP contribution in [0.25, 0.3) is 11.4 Å². The molecule has 0 bridgehead atoms. The maximum atomic E-state index is 9.16. The first-order valence-corrected chi connectivity index (χ1v) is 4.95. The first-order chi connectivity index (χ1) is 7.65. The average Bonchev–Trinajstić information content (AvgIpc) is 2.66. The molecule has 2 N–H and O–H groups in total. The average molecular weight is 220 g/mol. The van der Waals surface area contributed by atoms with Gasteiger partial charge in [0.15, 0.2) is 0 Å². The molecule has 0 aliphatic carbocycles. The van der Waals surface area contributed by atoms with Crippen molar-refractivity contribution in [1.82, 2.24) is 10.1 Å². The smallest absolute Gasteiger partial charge is 0.229 e. The van der Waals surface area contributed by atoms with Gasteiger partial charge in [0.1, 0.15) is 5.75 Å². The molecule has 0 spiro atoms. The van der Waals surface area contributed by atoms with Gasteiger partial charge in [-0.2, -0.15) is 4.98 Å². The molecular formula is C11H12N2O3. The van der Waals surface area contributed by atoms with Gasteiger partial charge in [0, 0.05) is 5.56 Å². The van der Waals surface area contributed by atoms with Gasteiger partial charge in [-0.25, -0.2) is 0 Å². The van der Waals surface area contributed by atoms with Crippen molar-refractivity contribution >= 4 is 0 Å². The zero-order chi connectivity index (χ0) is 11.5. The van der Waals surface area contributed by atoms with Crippen LogP contribution in [0.2, 0.25) is 0 Å². The van der Waals surface area contributed by atoms with E-state index in [1.54, 1.807) is 31.2 Å². The van der Waals surface area contributed by atoms with Gasteiger partial charge < -0.3 is 14.7 Å². The third-order valence-electron chi connectivity index (χ3n) is 2.06. The number of phenolic OH excluding ortho intramolecular Hbond substituents is 1. The van der Waals surface area contributed by atoms with E-state index >= 15 is 0 Å². The van der Waals surface area contributed by atoms with Crippen molar-refractivity contribution in [2.24, 2.45) is 0 Å². The summed E-state index contributed by atoms with van der Waals surface area (Å²) in [6.07, 6.45) is -0.168. The zero-order valence-electron chi connectivity index (χ0n) is 8.79. The van der Waals surface area contributed by atoms with Gasteiger partial charge in [-0.05, 0) is 31.2 Å². The van der Waals surface area contributed by atoms with Crippen LogP contribution < -0.4 is 0 Å². The molecule has 2 rings (SSSR count). The Morgan fingerprint density at radius 2 is 2.00 bits per heavy atom. The molecule has 0 aliphatic heterocycles. The number of aromatic hydroxyl groups is 1. The summed E-state index contributed by atoms with van der Waals surface area (Å²) in [5, 5.41) is 22.1. The highest BCUT2D eigenvalue weighted by atomic mass is 16.5. The lowest BCUT2D eigenvalue weighted by Crippen LogP contribution is -2.04. The fourth-order valence-electron chi connectivity index (χ4n) is 1.32. The monoisotopic (exact) mass is 220 g/mol. The molecule has 1 unspecified atom stereocenters. The molecule has 16 heavy (non-hydrogen) atoms. The maximum absolute atomic E-state index is 9.16. The molecule has 1 heterocycles. The number of hydrogen-bond donors (Lipinski definition) is 2. The molecule has 0 saturated heterocycles. The van der Waals surface area contributed by atoms with Crippen LogP contribution in [0.3, 0.4) is 0 Å². The predicted octanol–water partition coefficient (Wildman–Crippen LogP) is 1.37. The van der Waals surface area contributed by atoms with Gasteiger partial charge in [0.25, 0.3) is 0 Å². The summed E-state index contributed by atoms with van der Waals surface area (Å²) in [5.74, 6) is 1.05. The van der Waals surface area contributed by atoms with E-state index in [2.05, 4.69) is 10.1 Å². The second kappa shape index (κ2) is 4.32. The third kappa shape index (κ3) is 2.38. The number of aromatic nitrogens is 2. The Hall–Kier alpha value is -1.88. The first-order valence-electron chi connectivity index (χ1n) is 4.95. The minimum absolute atomic E-state index is 0.191. The quantitative estimate of drug-likeness (QED) is 0.816. The standard InChI is InChI=1S/C11H12N2O3/c1-7(14)6-10-12-11(13-16-10)8-2-4-9(15)5-3-8/h2-5,7,14-15H,6H2,1H3. The van der Waals surface area contributed by atoms with Crippen molar-refractivity contribution in [1.29, 1.82) is 0 Å². The second-order valence-electron chi connectivity index (χ2n) is 3.61.